The SMILES string of the molecule is COc1cc(OC)cc(-c2[c]sc(Cl)c2)c1. The molecule has 0 aliphatic carbocycles. The lowest BCUT2D eigenvalue weighted by atomic mass is 10.1. The van der Waals surface area contributed by atoms with E-state index in [-0.39, 0.29) is 0 Å². The molecule has 83 valence electrons. The Kier molecular flexibility index (Phi) is 3.36. The maximum absolute atomic E-state index is 5.88. The van der Waals surface area contributed by atoms with E-state index < -0.39 is 0 Å². The van der Waals surface area contributed by atoms with Crippen LogP contribution in [0, 0.1) is 5.38 Å². The number of hydrogen-bond donors (Lipinski definition) is 0. The monoisotopic (exact) mass is 253 g/mol. The summed E-state index contributed by atoms with van der Waals surface area (Å²) < 4.78 is 11.1. The maximum atomic E-state index is 5.88. The third kappa shape index (κ3) is 2.31. The molecule has 0 N–H and O–H groups in total. The minimum Gasteiger partial charge on any atom is -0.497 e. The smallest absolute Gasteiger partial charge is 0.123 e. The third-order valence-electron chi connectivity index (χ3n) is 2.18. The summed E-state index contributed by atoms with van der Waals surface area (Å²) in [6, 6.07) is 7.56. The fourth-order valence-electron chi connectivity index (χ4n) is 1.38. The van der Waals surface area contributed by atoms with Gasteiger partial charge < -0.3 is 9.47 Å². The van der Waals surface area contributed by atoms with Crippen molar-refractivity contribution in [1.82, 2.24) is 0 Å². The summed E-state index contributed by atoms with van der Waals surface area (Å²) in [6.07, 6.45) is 0. The van der Waals surface area contributed by atoms with E-state index in [0.29, 0.717) is 0 Å². The molecule has 1 aromatic carbocycles. The van der Waals surface area contributed by atoms with Crippen LogP contribution in [0.15, 0.2) is 24.3 Å². The van der Waals surface area contributed by atoms with Gasteiger partial charge in [0.1, 0.15) is 11.5 Å². The number of halogens is 1. The number of methoxy groups -OCH3 is 2. The van der Waals surface area contributed by atoms with Crippen LogP contribution >= 0.6 is 22.9 Å². The van der Waals surface area contributed by atoms with Crippen LogP contribution in [0.4, 0.5) is 0 Å². The summed E-state index contributed by atoms with van der Waals surface area (Å²) in [6.45, 7) is 0. The maximum Gasteiger partial charge on any atom is 0.123 e. The zero-order valence-corrected chi connectivity index (χ0v) is 10.5. The van der Waals surface area contributed by atoms with Gasteiger partial charge in [-0.1, -0.05) is 11.6 Å². The predicted octanol–water partition coefficient (Wildman–Crippen LogP) is 3.89. The highest BCUT2D eigenvalue weighted by Crippen LogP contribution is 2.33. The standard InChI is InChI=1S/C12H10ClO2S/c1-14-10-3-8(4-11(6-10)15-2)9-5-12(13)16-7-9/h3-6H,1-2H3. The van der Waals surface area contributed by atoms with Crippen LogP contribution < -0.4 is 9.47 Å². The van der Waals surface area contributed by atoms with Crippen molar-refractivity contribution >= 4 is 22.9 Å². The fraction of sp³-hybridized carbons (Fsp3) is 0.167. The molecular weight excluding hydrogens is 244 g/mol. The first kappa shape index (κ1) is 11.3. The molecule has 0 bridgehead atoms. The normalized spacial score (nSPS) is 10.2. The number of benzene rings is 1. The van der Waals surface area contributed by atoms with Crippen molar-refractivity contribution in [2.45, 2.75) is 0 Å². The quantitative estimate of drug-likeness (QED) is 0.826. The molecule has 0 spiro atoms. The molecule has 1 aromatic heterocycles. The number of rotatable bonds is 3. The van der Waals surface area contributed by atoms with E-state index in [1.54, 1.807) is 14.2 Å². The Balaban J connectivity index is 2.47. The van der Waals surface area contributed by atoms with Crippen LogP contribution in [-0.2, 0) is 0 Å². The van der Waals surface area contributed by atoms with Crippen molar-refractivity contribution in [3.05, 3.63) is 34.0 Å². The first-order valence-corrected chi connectivity index (χ1v) is 5.83. The van der Waals surface area contributed by atoms with Crippen LogP contribution in [0.1, 0.15) is 0 Å². The summed E-state index contributed by atoms with van der Waals surface area (Å²) >= 11 is 7.27. The molecule has 0 saturated heterocycles. The molecule has 16 heavy (non-hydrogen) atoms. The second-order valence-corrected chi connectivity index (χ2v) is 4.65. The van der Waals surface area contributed by atoms with Crippen molar-refractivity contribution in [3.63, 3.8) is 0 Å². The van der Waals surface area contributed by atoms with Gasteiger partial charge >= 0.3 is 0 Å². The third-order valence-corrected chi connectivity index (χ3v) is 3.15. The average molecular weight is 254 g/mol. The fourth-order valence-corrected chi connectivity index (χ4v) is 2.17. The van der Waals surface area contributed by atoms with E-state index in [1.807, 2.05) is 24.3 Å². The number of thiophene rings is 1. The first-order chi connectivity index (χ1) is 7.72. The molecule has 0 aliphatic rings. The molecule has 0 aliphatic heterocycles. The molecule has 0 unspecified atom stereocenters. The minimum atomic E-state index is 0.719. The lowest BCUT2D eigenvalue weighted by Crippen LogP contribution is -1.88. The summed E-state index contributed by atoms with van der Waals surface area (Å²) in [5, 5.41) is 3.12. The zero-order valence-electron chi connectivity index (χ0n) is 8.91. The molecule has 2 rings (SSSR count). The Morgan fingerprint density at radius 2 is 1.69 bits per heavy atom. The Morgan fingerprint density at radius 3 is 2.12 bits per heavy atom. The molecule has 0 saturated carbocycles. The molecule has 0 atom stereocenters. The highest BCUT2D eigenvalue weighted by molar-refractivity contribution is 7.14. The lowest BCUT2D eigenvalue weighted by molar-refractivity contribution is 0.394. The second-order valence-electron chi connectivity index (χ2n) is 3.17. The van der Waals surface area contributed by atoms with Gasteiger partial charge in [0.05, 0.1) is 23.9 Å². The van der Waals surface area contributed by atoms with Crippen LogP contribution in [0.3, 0.4) is 0 Å². The molecule has 2 nitrogen and oxygen atoms in total. The van der Waals surface area contributed by atoms with Crippen LogP contribution in [-0.4, -0.2) is 14.2 Å². The molecule has 0 amide bonds. The molecule has 4 heteroatoms. The second kappa shape index (κ2) is 4.76. The van der Waals surface area contributed by atoms with Gasteiger partial charge in [-0.25, -0.2) is 0 Å². The van der Waals surface area contributed by atoms with E-state index >= 15 is 0 Å². The lowest BCUT2D eigenvalue weighted by Gasteiger charge is -2.06. The van der Waals surface area contributed by atoms with E-state index in [0.717, 1.165) is 27.0 Å². The Morgan fingerprint density at radius 1 is 1.06 bits per heavy atom. The van der Waals surface area contributed by atoms with Crippen molar-refractivity contribution in [2.75, 3.05) is 14.2 Å². The largest absolute Gasteiger partial charge is 0.497 e. The van der Waals surface area contributed by atoms with E-state index in [4.69, 9.17) is 21.1 Å². The highest BCUT2D eigenvalue weighted by Gasteiger charge is 2.06. The van der Waals surface area contributed by atoms with Gasteiger partial charge in [0.25, 0.3) is 0 Å². The van der Waals surface area contributed by atoms with Gasteiger partial charge in [-0.15, -0.1) is 11.3 Å². The van der Waals surface area contributed by atoms with Crippen LogP contribution in [0.5, 0.6) is 11.5 Å². The van der Waals surface area contributed by atoms with E-state index in [1.165, 1.54) is 11.3 Å². The van der Waals surface area contributed by atoms with E-state index in [2.05, 4.69) is 5.38 Å². The Hall–Kier alpha value is -1.19. The molecule has 1 radical (unpaired) electrons. The Bertz CT molecular complexity index is 471. The van der Waals surface area contributed by atoms with E-state index in [9.17, 15) is 0 Å². The summed E-state index contributed by atoms with van der Waals surface area (Å²) in [4.78, 5) is 0. The van der Waals surface area contributed by atoms with Crippen molar-refractivity contribution in [2.24, 2.45) is 0 Å². The molecule has 0 fully saturated rings. The summed E-state index contributed by atoms with van der Waals surface area (Å²) in [5.74, 6) is 1.51. The Labute approximate surface area is 103 Å². The number of hydrogen-bond acceptors (Lipinski definition) is 3. The average Bonchev–Trinajstić information content (AvgIpc) is 2.75. The topological polar surface area (TPSA) is 18.5 Å². The van der Waals surface area contributed by atoms with Crippen molar-refractivity contribution in [3.8, 4) is 22.6 Å². The summed E-state index contributed by atoms with van der Waals surface area (Å²) in [7, 11) is 3.26. The van der Waals surface area contributed by atoms with Crippen LogP contribution in [0.25, 0.3) is 11.1 Å². The first-order valence-electron chi connectivity index (χ1n) is 4.63. The summed E-state index contributed by atoms with van der Waals surface area (Å²) in [5.41, 5.74) is 1.94. The van der Waals surface area contributed by atoms with Gasteiger partial charge in [-0.05, 0) is 23.8 Å². The molecule has 1 heterocycles. The predicted molar refractivity (Wildman–Crippen MR) is 66.7 cm³/mol. The van der Waals surface area contributed by atoms with Gasteiger partial charge in [-0.3, -0.25) is 0 Å². The van der Waals surface area contributed by atoms with Crippen molar-refractivity contribution < 1.29 is 9.47 Å². The van der Waals surface area contributed by atoms with Crippen molar-refractivity contribution in [1.29, 1.82) is 0 Å². The van der Waals surface area contributed by atoms with Gasteiger partial charge in [0.15, 0.2) is 0 Å². The highest BCUT2D eigenvalue weighted by atomic mass is 35.5. The molecular formula is C12H10ClO2S. The van der Waals surface area contributed by atoms with Gasteiger partial charge in [0, 0.05) is 11.6 Å². The number of ether oxygens (including phenoxy) is 2. The van der Waals surface area contributed by atoms with Gasteiger partial charge in [0.2, 0.25) is 0 Å². The minimum absolute atomic E-state index is 0.719. The van der Waals surface area contributed by atoms with Gasteiger partial charge in [-0.2, -0.15) is 0 Å². The zero-order chi connectivity index (χ0) is 11.5. The van der Waals surface area contributed by atoms with Crippen LogP contribution in [0.2, 0.25) is 4.34 Å². The molecule has 2 aromatic rings.